The maximum atomic E-state index is 15.5. The zero-order valence-corrected chi connectivity index (χ0v) is 23.4. The highest BCUT2D eigenvalue weighted by molar-refractivity contribution is 5.88. The standard InChI is InChI=1S/C30H43FN2O6/c1-18-8-7-12-30(4)25(39-30)15-23(22(31)14-19-9-5-6-13-32-19)33-26(35)16-24(34)29(2,3)28(37)21(27(18)36)11-10-20-17-38-20/h5-6,9,13-14,18,20-21,23-25,27,34,36H,7-8,10-12,15-17H2,1-4H3,(H,33,35). The first kappa shape index (κ1) is 29.8. The van der Waals surface area contributed by atoms with E-state index in [-0.39, 0.29) is 36.8 Å². The van der Waals surface area contributed by atoms with Gasteiger partial charge < -0.3 is 25.0 Å². The van der Waals surface area contributed by atoms with Crippen LogP contribution in [0.15, 0.2) is 30.2 Å². The third-order valence-corrected chi connectivity index (χ3v) is 8.84. The van der Waals surface area contributed by atoms with Crippen LogP contribution in [0.2, 0.25) is 0 Å². The molecule has 8 unspecified atom stereocenters. The third-order valence-electron chi connectivity index (χ3n) is 8.84. The molecule has 3 aliphatic heterocycles. The number of nitrogens with zero attached hydrogens (tertiary/aromatic N) is 1. The van der Waals surface area contributed by atoms with Crippen molar-refractivity contribution in [2.75, 3.05) is 6.61 Å². The number of pyridine rings is 1. The number of hydrogen-bond donors (Lipinski definition) is 3. The Bertz CT molecular complexity index is 1050. The molecule has 0 bridgehead atoms. The number of epoxide rings is 2. The number of ether oxygens (including phenoxy) is 2. The lowest BCUT2D eigenvalue weighted by Crippen LogP contribution is -2.48. The molecule has 0 saturated carbocycles. The predicted octanol–water partition coefficient (Wildman–Crippen LogP) is 3.75. The zero-order valence-electron chi connectivity index (χ0n) is 23.4. The van der Waals surface area contributed by atoms with Crippen LogP contribution >= 0.6 is 0 Å². The molecule has 8 nitrogen and oxygen atoms in total. The molecule has 0 radical (unpaired) electrons. The van der Waals surface area contributed by atoms with Gasteiger partial charge in [0.2, 0.25) is 5.91 Å². The molecular weight excluding hydrogens is 503 g/mol. The van der Waals surface area contributed by atoms with Crippen molar-refractivity contribution in [3.63, 3.8) is 0 Å². The molecule has 9 heteroatoms. The zero-order chi connectivity index (χ0) is 28.4. The number of nitrogens with one attached hydrogen (secondary N) is 1. The van der Waals surface area contributed by atoms with E-state index < -0.39 is 46.9 Å². The second-order valence-corrected chi connectivity index (χ2v) is 12.4. The Balaban J connectivity index is 1.57. The van der Waals surface area contributed by atoms with Crippen LogP contribution in [-0.2, 0) is 19.1 Å². The lowest BCUT2D eigenvalue weighted by atomic mass is 9.70. The van der Waals surface area contributed by atoms with Gasteiger partial charge in [-0.1, -0.05) is 33.3 Å². The van der Waals surface area contributed by atoms with Crippen LogP contribution in [0, 0.1) is 17.3 Å². The molecule has 216 valence electrons. The third kappa shape index (κ3) is 7.51. The van der Waals surface area contributed by atoms with Gasteiger partial charge in [0.15, 0.2) is 0 Å². The molecule has 3 saturated heterocycles. The van der Waals surface area contributed by atoms with E-state index in [0.717, 1.165) is 12.8 Å². The van der Waals surface area contributed by atoms with E-state index in [0.29, 0.717) is 31.6 Å². The first-order valence-electron chi connectivity index (χ1n) is 14.2. The summed E-state index contributed by atoms with van der Waals surface area (Å²) in [4.78, 5) is 31.0. The van der Waals surface area contributed by atoms with Crippen molar-refractivity contribution in [2.24, 2.45) is 17.3 Å². The van der Waals surface area contributed by atoms with Gasteiger partial charge in [0.05, 0.1) is 60.2 Å². The predicted molar refractivity (Wildman–Crippen MR) is 144 cm³/mol. The number of fused-ring (bicyclic) bond motifs is 1. The molecule has 1 aromatic heterocycles. The average Bonchev–Trinajstić information content (AvgIpc) is 3.81. The number of hydrogen-bond acceptors (Lipinski definition) is 7. The fourth-order valence-corrected chi connectivity index (χ4v) is 5.69. The summed E-state index contributed by atoms with van der Waals surface area (Å²) in [5.74, 6) is -2.22. The number of aromatic nitrogens is 1. The quantitative estimate of drug-likeness (QED) is 0.481. The molecule has 8 atom stereocenters. The number of rotatable bonds is 5. The Morgan fingerprint density at radius 1 is 1.23 bits per heavy atom. The Kier molecular flexibility index (Phi) is 9.26. The van der Waals surface area contributed by atoms with Gasteiger partial charge in [-0.15, -0.1) is 0 Å². The highest BCUT2D eigenvalue weighted by atomic mass is 19.1. The first-order valence-corrected chi connectivity index (χ1v) is 14.2. The molecule has 0 aliphatic carbocycles. The smallest absolute Gasteiger partial charge is 0.223 e. The number of aliphatic hydroxyl groups is 2. The van der Waals surface area contributed by atoms with Crippen molar-refractivity contribution in [2.45, 2.75) is 109 Å². The molecule has 3 aliphatic rings. The normalized spacial score (nSPS) is 38.0. The number of ketones is 1. The van der Waals surface area contributed by atoms with E-state index in [1.807, 2.05) is 13.8 Å². The summed E-state index contributed by atoms with van der Waals surface area (Å²) >= 11 is 0. The Labute approximate surface area is 230 Å². The number of carbonyl (C=O) groups excluding carboxylic acids is 2. The van der Waals surface area contributed by atoms with Gasteiger partial charge in [0.1, 0.15) is 11.6 Å². The monoisotopic (exact) mass is 546 g/mol. The second kappa shape index (κ2) is 12.1. The molecular formula is C30H43FN2O6. The van der Waals surface area contributed by atoms with E-state index in [1.165, 1.54) is 6.08 Å². The summed E-state index contributed by atoms with van der Waals surface area (Å²) in [6, 6.07) is 4.20. The van der Waals surface area contributed by atoms with Gasteiger partial charge in [-0.25, -0.2) is 4.39 Å². The lowest BCUT2D eigenvalue weighted by molar-refractivity contribution is -0.144. The van der Waals surface area contributed by atoms with E-state index in [1.54, 1.807) is 38.2 Å². The van der Waals surface area contributed by atoms with Crippen molar-refractivity contribution < 1.29 is 33.7 Å². The van der Waals surface area contributed by atoms with Gasteiger partial charge in [-0.05, 0) is 56.7 Å². The van der Waals surface area contributed by atoms with Crippen LogP contribution in [0.4, 0.5) is 4.39 Å². The minimum atomic E-state index is -1.31. The maximum absolute atomic E-state index is 15.5. The summed E-state index contributed by atoms with van der Waals surface area (Å²) in [5.41, 5.74) is -1.31. The van der Waals surface area contributed by atoms with Crippen molar-refractivity contribution in [1.29, 1.82) is 0 Å². The van der Waals surface area contributed by atoms with Crippen LogP contribution < -0.4 is 5.32 Å². The topological polar surface area (TPSA) is 125 Å². The number of halogens is 1. The van der Waals surface area contributed by atoms with E-state index in [4.69, 9.17) is 9.47 Å². The van der Waals surface area contributed by atoms with Crippen molar-refractivity contribution in [1.82, 2.24) is 10.3 Å². The lowest BCUT2D eigenvalue weighted by Gasteiger charge is -2.36. The Hall–Kier alpha value is -2.20. The summed E-state index contributed by atoms with van der Waals surface area (Å²) in [7, 11) is 0. The fourth-order valence-electron chi connectivity index (χ4n) is 5.69. The molecule has 3 fully saturated rings. The molecule has 4 heterocycles. The van der Waals surface area contributed by atoms with Gasteiger partial charge in [0, 0.05) is 18.5 Å². The minimum absolute atomic E-state index is 0.106. The highest BCUT2D eigenvalue weighted by Crippen LogP contribution is 2.45. The first-order chi connectivity index (χ1) is 18.4. The summed E-state index contributed by atoms with van der Waals surface area (Å²) in [5, 5.41) is 25.1. The molecule has 3 N–H and O–H groups in total. The van der Waals surface area contributed by atoms with Crippen LogP contribution in [0.1, 0.15) is 78.3 Å². The number of carbonyl (C=O) groups is 2. The van der Waals surface area contributed by atoms with Crippen molar-refractivity contribution in [3.05, 3.63) is 35.9 Å². The van der Waals surface area contributed by atoms with Crippen LogP contribution in [-0.4, -0.2) is 69.6 Å². The highest BCUT2D eigenvalue weighted by Gasteiger charge is 2.53. The summed E-state index contributed by atoms with van der Waals surface area (Å²) in [6.07, 6.45) is 3.70. The molecule has 1 amide bonds. The van der Waals surface area contributed by atoms with Gasteiger partial charge >= 0.3 is 0 Å². The largest absolute Gasteiger partial charge is 0.392 e. The maximum Gasteiger partial charge on any atom is 0.223 e. The molecule has 4 rings (SSSR count). The Morgan fingerprint density at radius 2 is 1.97 bits per heavy atom. The molecule has 1 aromatic rings. The number of aliphatic hydroxyl groups excluding tert-OH is 2. The average molecular weight is 547 g/mol. The Morgan fingerprint density at radius 3 is 2.64 bits per heavy atom. The van der Waals surface area contributed by atoms with Crippen LogP contribution in [0.5, 0.6) is 0 Å². The van der Waals surface area contributed by atoms with Crippen molar-refractivity contribution >= 4 is 17.8 Å². The van der Waals surface area contributed by atoms with Gasteiger partial charge in [-0.2, -0.15) is 0 Å². The van der Waals surface area contributed by atoms with Crippen LogP contribution in [0.25, 0.3) is 6.08 Å². The van der Waals surface area contributed by atoms with Crippen molar-refractivity contribution in [3.8, 4) is 0 Å². The fraction of sp³-hybridized carbons (Fsp3) is 0.700. The van der Waals surface area contributed by atoms with E-state index in [2.05, 4.69) is 10.3 Å². The minimum Gasteiger partial charge on any atom is -0.392 e. The summed E-state index contributed by atoms with van der Waals surface area (Å²) < 4.78 is 26.8. The van der Waals surface area contributed by atoms with E-state index in [9.17, 15) is 19.8 Å². The van der Waals surface area contributed by atoms with Crippen LogP contribution in [0.3, 0.4) is 0 Å². The van der Waals surface area contributed by atoms with Gasteiger partial charge in [0.25, 0.3) is 0 Å². The SMILES string of the molecule is CC1CCCC2(C)OC2CC(C(F)=Cc2ccccn2)NC(=O)CC(O)C(C)(C)C(=O)C(CCC2CO2)C1O. The summed E-state index contributed by atoms with van der Waals surface area (Å²) in [6.45, 7) is 7.80. The molecule has 0 spiro atoms. The number of amides is 1. The van der Waals surface area contributed by atoms with Gasteiger partial charge in [-0.3, -0.25) is 14.6 Å². The second-order valence-electron chi connectivity index (χ2n) is 12.4. The number of Topliss-reactive ketones (excluding diaryl/α,β-unsaturated/α-hetero) is 1. The molecule has 0 aromatic carbocycles. The molecule has 39 heavy (non-hydrogen) atoms. The van der Waals surface area contributed by atoms with E-state index >= 15 is 4.39 Å².